The molecule has 1 aromatic rings. The second kappa shape index (κ2) is 9.19. The van der Waals surface area contributed by atoms with Crippen molar-refractivity contribution in [1.82, 2.24) is 10.3 Å². The monoisotopic (exact) mass is 297 g/mol. The van der Waals surface area contributed by atoms with Crippen LogP contribution in [-0.2, 0) is 6.54 Å². The number of halogens is 1. The van der Waals surface area contributed by atoms with Crippen molar-refractivity contribution in [3.63, 3.8) is 0 Å². The highest BCUT2D eigenvalue weighted by Gasteiger charge is 2.06. The van der Waals surface area contributed by atoms with E-state index in [1.165, 1.54) is 12.8 Å². The average Bonchev–Trinajstić information content (AvgIpc) is 2.42. The van der Waals surface area contributed by atoms with E-state index in [0.717, 1.165) is 36.0 Å². The molecule has 0 aliphatic heterocycles. The minimum Gasteiger partial charge on any atom is -0.370 e. The summed E-state index contributed by atoms with van der Waals surface area (Å²) < 4.78 is 0. The van der Waals surface area contributed by atoms with Crippen molar-refractivity contribution in [2.24, 2.45) is 11.8 Å². The lowest BCUT2D eigenvalue weighted by molar-refractivity contribution is 0.518. The molecule has 0 spiro atoms. The van der Waals surface area contributed by atoms with Gasteiger partial charge in [-0.15, -0.1) is 0 Å². The van der Waals surface area contributed by atoms with Gasteiger partial charge in [-0.25, -0.2) is 4.98 Å². The SMILES string of the molecule is CCC(CC)CNc1cc(CNCC(C)C)c(Cl)cn1. The highest BCUT2D eigenvalue weighted by molar-refractivity contribution is 6.31. The average molecular weight is 298 g/mol. The van der Waals surface area contributed by atoms with E-state index in [-0.39, 0.29) is 0 Å². The van der Waals surface area contributed by atoms with Crippen LogP contribution in [0.15, 0.2) is 12.3 Å². The predicted molar refractivity (Wildman–Crippen MR) is 88.4 cm³/mol. The molecule has 20 heavy (non-hydrogen) atoms. The van der Waals surface area contributed by atoms with Crippen LogP contribution >= 0.6 is 11.6 Å². The normalized spacial score (nSPS) is 11.3. The molecule has 1 aromatic heterocycles. The van der Waals surface area contributed by atoms with Gasteiger partial charge < -0.3 is 10.6 Å². The van der Waals surface area contributed by atoms with E-state index in [0.29, 0.717) is 11.8 Å². The number of nitrogens with zero attached hydrogens (tertiary/aromatic N) is 1. The number of nitrogens with one attached hydrogen (secondary N) is 2. The zero-order valence-corrected chi connectivity index (χ0v) is 13.9. The molecular formula is C16H28ClN3. The number of hydrogen-bond donors (Lipinski definition) is 2. The number of aromatic nitrogens is 1. The topological polar surface area (TPSA) is 37.0 Å². The minimum absolute atomic E-state index is 0.642. The molecule has 0 atom stereocenters. The van der Waals surface area contributed by atoms with E-state index < -0.39 is 0 Å². The minimum atomic E-state index is 0.642. The lowest BCUT2D eigenvalue weighted by Gasteiger charge is -2.15. The Bertz CT molecular complexity index is 389. The summed E-state index contributed by atoms with van der Waals surface area (Å²) in [5, 5.41) is 7.56. The Kier molecular flexibility index (Phi) is 7.93. The van der Waals surface area contributed by atoms with Gasteiger partial charge in [0.25, 0.3) is 0 Å². The van der Waals surface area contributed by atoms with E-state index in [4.69, 9.17) is 11.6 Å². The maximum Gasteiger partial charge on any atom is 0.126 e. The largest absolute Gasteiger partial charge is 0.370 e. The highest BCUT2D eigenvalue weighted by atomic mass is 35.5. The zero-order valence-electron chi connectivity index (χ0n) is 13.2. The van der Waals surface area contributed by atoms with Gasteiger partial charge in [-0.1, -0.05) is 52.1 Å². The predicted octanol–water partition coefficient (Wildman–Crippen LogP) is 4.33. The molecule has 2 N–H and O–H groups in total. The molecule has 0 saturated heterocycles. The van der Waals surface area contributed by atoms with Gasteiger partial charge in [-0.2, -0.15) is 0 Å². The molecule has 4 heteroatoms. The van der Waals surface area contributed by atoms with Crippen LogP contribution < -0.4 is 10.6 Å². The van der Waals surface area contributed by atoms with Gasteiger partial charge in [-0.05, 0) is 30.0 Å². The fraction of sp³-hybridized carbons (Fsp3) is 0.688. The summed E-state index contributed by atoms with van der Waals surface area (Å²) in [4.78, 5) is 4.35. The Labute approximate surface area is 128 Å². The fourth-order valence-corrected chi connectivity index (χ4v) is 2.20. The number of pyridine rings is 1. The molecule has 0 aliphatic rings. The smallest absolute Gasteiger partial charge is 0.126 e. The van der Waals surface area contributed by atoms with Crippen LogP contribution in [0.4, 0.5) is 5.82 Å². The van der Waals surface area contributed by atoms with E-state index >= 15 is 0 Å². The summed E-state index contributed by atoms with van der Waals surface area (Å²) in [6, 6.07) is 2.05. The lowest BCUT2D eigenvalue weighted by Crippen LogP contribution is -2.19. The standard InChI is InChI=1S/C16H28ClN3/c1-5-13(6-2)9-19-16-7-14(15(17)11-20-16)10-18-8-12(3)4/h7,11-13,18H,5-6,8-10H2,1-4H3,(H,19,20). The molecule has 0 aromatic carbocycles. The van der Waals surface area contributed by atoms with Crippen molar-refractivity contribution in [3.05, 3.63) is 22.8 Å². The summed E-state index contributed by atoms with van der Waals surface area (Å²) in [5.74, 6) is 2.26. The first-order valence-electron chi connectivity index (χ1n) is 7.65. The lowest BCUT2D eigenvalue weighted by atomic mass is 10.0. The summed E-state index contributed by atoms with van der Waals surface area (Å²) in [6.07, 6.45) is 4.13. The first kappa shape index (κ1) is 17.3. The van der Waals surface area contributed by atoms with Crippen molar-refractivity contribution >= 4 is 17.4 Å². The number of anilines is 1. The second-order valence-corrected chi connectivity index (χ2v) is 6.16. The Morgan fingerprint density at radius 3 is 2.50 bits per heavy atom. The molecule has 1 rings (SSSR count). The van der Waals surface area contributed by atoms with Gasteiger partial charge in [0.05, 0.1) is 5.02 Å². The van der Waals surface area contributed by atoms with E-state index in [9.17, 15) is 0 Å². The van der Waals surface area contributed by atoms with E-state index in [1.807, 2.05) is 0 Å². The summed E-state index contributed by atoms with van der Waals surface area (Å²) in [5.41, 5.74) is 1.11. The number of hydrogen-bond acceptors (Lipinski definition) is 3. The van der Waals surface area contributed by atoms with Gasteiger partial charge in [0.15, 0.2) is 0 Å². The quantitative estimate of drug-likeness (QED) is 0.712. The van der Waals surface area contributed by atoms with Gasteiger partial charge in [0, 0.05) is 19.3 Å². The van der Waals surface area contributed by atoms with Gasteiger partial charge in [0.1, 0.15) is 5.82 Å². The molecular weight excluding hydrogens is 270 g/mol. The Morgan fingerprint density at radius 2 is 1.90 bits per heavy atom. The van der Waals surface area contributed by atoms with Gasteiger partial charge in [-0.3, -0.25) is 0 Å². The van der Waals surface area contributed by atoms with Crippen LogP contribution in [-0.4, -0.2) is 18.1 Å². The van der Waals surface area contributed by atoms with Gasteiger partial charge in [0.2, 0.25) is 0 Å². The Morgan fingerprint density at radius 1 is 1.20 bits per heavy atom. The second-order valence-electron chi connectivity index (χ2n) is 5.75. The van der Waals surface area contributed by atoms with Crippen molar-refractivity contribution < 1.29 is 0 Å². The molecule has 1 heterocycles. The van der Waals surface area contributed by atoms with Crippen LogP contribution in [0.3, 0.4) is 0 Å². The van der Waals surface area contributed by atoms with Gasteiger partial charge >= 0.3 is 0 Å². The molecule has 0 saturated carbocycles. The van der Waals surface area contributed by atoms with Crippen molar-refractivity contribution in [3.8, 4) is 0 Å². The summed E-state index contributed by atoms with van der Waals surface area (Å²) >= 11 is 6.20. The van der Waals surface area contributed by atoms with Crippen molar-refractivity contribution in [2.75, 3.05) is 18.4 Å². The van der Waals surface area contributed by atoms with Crippen LogP contribution in [0, 0.1) is 11.8 Å². The zero-order chi connectivity index (χ0) is 15.0. The Balaban J connectivity index is 2.56. The highest BCUT2D eigenvalue weighted by Crippen LogP contribution is 2.18. The third kappa shape index (κ3) is 6.10. The summed E-state index contributed by atoms with van der Waals surface area (Å²) in [6.45, 7) is 11.6. The third-order valence-corrected chi connectivity index (χ3v) is 3.87. The van der Waals surface area contributed by atoms with Crippen molar-refractivity contribution in [2.45, 2.75) is 47.1 Å². The molecule has 0 bridgehead atoms. The third-order valence-electron chi connectivity index (χ3n) is 3.53. The van der Waals surface area contributed by atoms with Crippen LogP contribution in [0.5, 0.6) is 0 Å². The maximum absolute atomic E-state index is 6.20. The summed E-state index contributed by atoms with van der Waals surface area (Å²) in [7, 11) is 0. The first-order chi connectivity index (χ1) is 9.56. The van der Waals surface area contributed by atoms with Crippen molar-refractivity contribution in [1.29, 1.82) is 0 Å². The van der Waals surface area contributed by atoms with Crippen LogP contribution in [0.1, 0.15) is 46.1 Å². The number of rotatable bonds is 9. The molecule has 0 aliphatic carbocycles. The van der Waals surface area contributed by atoms with Crippen LogP contribution in [0.25, 0.3) is 0 Å². The molecule has 0 fully saturated rings. The fourth-order valence-electron chi connectivity index (χ4n) is 2.03. The van der Waals surface area contributed by atoms with E-state index in [2.05, 4.69) is 49.4 Å². The Hall–Kier alpha value is -0.800. The van der Waals surface area contributed by atoms with Crippen LogP contribution in [0.2, 0.25) is 5.02 Å². The molecule has 114 valence electrons. The van der Waals surface area contributed by atoms with E-state index in [1.54, 1.807) is 6.20 Å². The molecule has 3 nitrogen and oxygen atoms in total. The molecule has 0 radical (unpaired) electrons. The molecule has 0 amide bonds. The first-order valence-corrected chi connectivity index (χ1v) is 8.03. The maximum atomic E-state index is 6.20. The molecule has 0 unspecified atom stereocenters.